The molecule has 0 fully saturated rings. The minimum absolute atomic E-state index is 0.0380. The van der Waals surface area contributed by atoms with E-state index in [4.69, 9.17) is 10.8 Å². The van der Waals surface area contributed by atoms with Crippen molar-refractivity contribution in [2.75, 3.05) is 0 Å². The molecule has 4 heteroatoms. The van der Waals surface area contributed by atoms with Gasteiger partial charge in [-0.05, 0) is 24.6 Å². The lowest BCUT2D eigenvalue weighted by Crippen LogP contribution is -2.22. The van der Waals surface area contributed by atoms with E-state index < -0.39 is 0 Å². The fourth-order valence-electron chi connectivity index (χ4n) is 0.936. The zero-order valence-electron chi connectivity index (χ0n) is 7.93. The van der Waals surface area contributed by atoms with E-state index in [1.165, 1.54) is 11.8 Å². The molecular formula is C10H13NO2S. The zero-order valence-corrected chi connectivity index (χ0v) is 8.75. The van der Waals surface area contributed by atoms with Crippen molar-refractivity contribution in [1.29, 1.82) is 0 Å². The number of thioether (sulfide) groups is 1. The molecular weight excluding hydrogens is 198 g/mol. The van der Waals surface area contributed by atoms with Crippen molar-refractivity contribution in [3.63, 3.8) is 0 Å². The average molecular weight is 211 g/mol. The van der Waals surface area contributed by atoms with Crippen molar-refractivity contribution in [3.8, 4) is 0 Å². The fraction of sp³-hybridized carbons (Fsp3) is 0.300. The smallest absolute Gasteiger partial charge is 0.230 e. The number of hydrogen-bond acceptors (Lipinski definition) is 3. The Kier molecular flexibility index (Phi) is 3.98. The third-order valence-electron chi connectivity index (χ3n) is 1.82. The number of amides is 1. The minimum atomic E-state index is -0.318. The molecule has 14 heavy (non-hydrogen) atoms. The third-order valence-corrected chi connectivity index (χ3v) is 2.95. The van der Waals surface area contributed by atoms with Gasteiger partial charge in [-0.1, -0.05) is 12.1 Å². The van der Waals surface area contributed by atoms with Crippen molar-refractivity contribution >= 4 is 17.7 Å². The Labute approximate surface area is 87.3 Å². The number of carbonyl (C=O) groups is 1. The number of primary amides is 1. The number of nitrogens with two attached hydrogens (primary N) is 1. The molecule has 0 saturated carbocycles. The lowest BCUT2D eigenvalue weighted by atomic mass is 10.2. The Morgan fingerprint density at radius 1 is 1.50 bits per heavy atom. The Morgan fingerprint density at radius 2 is 2.07 bits per heavy atom. The highest BCUT2D eigenvalue weighted by Gasteiger charge is 2.09. The molecule has 3 N–H and O–H groups in total. The van der Waals surface area contributed by atoms with Gasteiger partial charge in [0, 0.05) is 4.90 Å². The van der Waals surface area contributed by atoms with E-state index in [-0.39, 0.29) is 17.8 Å². The van der Waals surface area contributed by atoms with Crippen LogP contribution in [0.15, 0.2) is 29.2 Å². The molecule has 0 saturated heterocycles. The second kappa shape index (κ2) is 5.02. The summed E-state index contributed by atoms with van der Waals surface area (Å²) in [5.74, 6) is -0.318. The molecule has 0 heterocycles. The van der Waals surface area contributed by atoms with Crippen LogP contribution in [0.1, 0.15) is 12.5 Å². The average Bonchev–Trinajstić information content (AvgIpc) is 2.19. The molecule has 1 amide bonds. The molecule has 1 aromatic rings. The molecule has 1 aromatic carbocycles. The molecule has 0 aliphatic rings. The van der Waals surface area contributed by atoms with Gasteiger partial charge in [-0.2, -0.15) is 0 Å². The van der Waals surface area contributed by atoms with Gasteiger partial charge in [0.25, 0.3) is 0 Å². The van der Waals surface area contributed by atoms with Crippen LogP contribution in [-0.2, 0) is 11.4 Å². The van der Waals surface area contributed by atoms with E-state index in [0.717, 1.165) is 10.5 Å². The second-order valence-electron chi connectivity index (χ2n) is 2.96. The standard InChI is InChI=1S/C10H13NO2S/c1-7(10(11)13)14-9-4-2-8(6-12)3-5-9/h2-5,7,12H,6H2,1H3,(H2,11,13). The molecule has 0 radical (unpaired) electrons. The maximum Gasteiger partial charge on any atom is 0.230 e. The molecule has 0 spiro atoms. The van der Waals surface area contributed by atoms with Gasteiger partial charge in [-0.3, -0.25) is 4.79 Å². The topological polar surface area (TPSA) is 63.3 Å². The van der Waals surface area contributed by atoms with Gasteiger partial charge in [0.2, 0.25) is 5.91 Å². The Bertz CT molecular complexity index is 310. The number of aliphatic hydroxyl groups is 1. The molecule has 1 atom stereocenters. The predicted octanol–water partition coefficient (Wildman–Crippen LogP) is 1.14. The van der Waals surface area contributed by atoms with Crippen LogP contribution in [0.3, 0.4) is 0 Å². The summed E-state index contributed by atoms with van der Waals surface area (Å²) in [6.07, 6.45) is 0. The first kappa shape index (κ1) is 11.1. The summed E-state index contributed by atoms with van der Waals surface area (Å²) in [6.45, 7) is 1.81. The highest BCUT2D eigenvalue weighted by atomic mass is 32.2. The Hall–Kier alpha value is -1.00. The Morgan fingerprint density at radius 3 is 2.50 bits per heavy atom. The van der Waals surface area contributed by atoms with Crippen LogP contribution in [0.25, 0.3) is 0 Å². The highest BCUT2D eigenvalue weighted by molar-refractivity contribution is 8.00. The van der Waals surface area contributed by atoms with Crippen molar-refractivity contribution in [3.05, 3.63) is 29.8 Å². The molecule has 1 rings (SSSR count). The highest BCUT2D eigenvalue weighted by Crippen LogP contribution is 2.23. The van der Waals surface area contributed by atoms with Gasteiger partial charge < -0.3 is 10.8 Å². The first-order valence-corrected chi connectivity index (χ1v) is 5.17. The molecule has 0 bridgehead atoms. The maximum atomic E-state index is 10.8. The quantitative estimate of drug-likeness (QED) is 0.734. The van der Waals surface area contributed by atoms with Crippen LogP contribution in [0.5, 0.6) is 0 Å². The van der Waals surface area contributed by atoms with Crippen LogP contribution in [-0.4, -0.2) is 16.3 Å². The van der Waals surface area contributed by atoms with E-state index >= 15 is 0 Å². The SMILES string of the molecule is CC(Sc1ccc(CO)cc1)C(N)=O. The number of benzene rings is 1. The second-order valence-corrected chi connectivity index (χ2v) is 4.38. The van der Waals surface area contributed by atoms with E-state index in [2.05, 4.69) is 0 Å². The monoisotopic (exact) mass is 211 g/mol. The first-order valence-electron chi connectivity index (χ1n) is 4.29. The molecule has 1 unspecified atom stereocenters. The van der Waals surface area contributed by atoms with Gasteiger partial charge in [0.1, 0.15) is 0 Å². The Balaban J connectivity index is 2.64. The summed E-state index contributed by atoms with van der Waals surface area (Å²) in [7, 11) is 0. The van der Waals surface area contributed by atoms with Crippen LogP contribution in [0.4, 0.5) is 0 Å². The minimum Gasteiger partial charge on any atom is -0.392 e. The molecule has 3 nitrogen and oxygen atoms in total. The third kappa shape index (κ3) is 3.05. The summed E-state index contributed by atoms with van der Waals surface area (Å²) in [5.41, 5.74) is 6.00. The van der Waals surface area contributed by atoms with Crippen LogP contribution < -0.4 is 5.73 Å². The van der Waals surface area contributed by atoms with E-state index in [1.807, 2.05) is 24.3 Å². The van der Waals surface area contributed by atoms with E-state index in [0.29, 0.717) is 0 Å². The first-order chi connectivity index (χ1) is 6.63. The van der Waals surface area contributed by atoms with Gasteiger partial charge in [-0.15, -0.1) is 11.8 Å². The summed E-state index contributed by atoms with van der Waals surface area (Å²) in [5, 5.41) is 8.59. The van der Waals surface area contributed by atoms with E-state index in [9.17, 15) is 4.79 Å². The van der Waals surface area contributed by atoms with Crippen LogP contribution >= 0.6 is 11.8 Å². The lowest BCUT2D eigenvalue weighted by Gasteiger charge is -2.06. The molecule has 76 valence electrons. The number of carbonyl (C=O) groups excluding carboxylic acids is 1. The summed E-state index contributed by atoms with van der Waals surface area (Å²) in [4.78, 5) is 11.8. The van der Waals surface area contributed by atoms with Crippen molar-refractivity contribution in [2.24, 2.45) is 5.73 Å². The zero-order chi connectivity index (χ0) is 10.6. The normalized spacial score (nSPS) is 12.4. The van der Waals surface area contributed by atoms with Crippen molar-refractivity contribution in [2.45, 2.75) is 23.7 Å². The van der Waals surface area contributed by atoms with Gasteiger partial charge >= 0.3 is 0 Å². The number of aliphatic hydroxyl groups excluding tert-OH is 1. The summed E-state index contributed by atoms with van der Waals surface area (Å²) >= 11 is 1.41. The predicted molar refractivity (Wildman–Crippen MR) is 56.9 cm³/mol. The van der Waals surface area contributed by atoms with Gasteiger partial charge in [0.15, 0.2) is 0 Å². The molecule has 0 aromatic heterocycles. The molecule has 0 aliphatic carbocycles. The van der Waals surface area contributed by atoms with E-state index in [1.54, 1.807) is 6.92 Å². The van der Waals surface area contributed by atoms with Gasteiger partial charge in [-0.25, -0.2) is 0 Å². The molecule has 0 aliphatic heterocycles. The maximum absolute atomic E-state index is 10.8. The number of hydrogen-bond donors (Lipinski definition) is 2. The lowest BCUT2D eigenvalue weighted by molar-refractivity contribution is -0.117. The van der Waals surface area contributed by atoms with Gasteiger partial charge in [0.05, 0.1) is 11.9 Å². The van der Waals surface area contributed by atoms with Crippen LogP contribution in [0, 0.1) is 0 Å². The largest absolute Gasteiger partial charge is 0.392 e. The fourth-order valence-corrected chi connectivity index (χ4v) is 1.75. The van der Waals surface area contributed by atoms with Crippen molar-refractivity contribution < 1.29 is 9.90 Å². The van der Waals surface area contributed by atoms with Crippen molar-refractivity contribution in [1.82, 2.24) is 0 Å². The van der Waals surface area contributed by atoms with Crippen LogP contribution in [0.2, 0.25) is 0 Å². The summed E-state index contributed by atoms with van der Waals surface area (Å²) in [6, 6.07) is 7.40. The summed E-state index contributed by atoms with van der Waals surface area (Å²) < 4.78 is 0. The number of rotatable bonds is 4.